The van der Waals surface area contributed by atoms with Crippen molar-refractivity contribution in [1.29, 1.82) is 0 Å². The second-order valence-corrected chi connectivity index (χ2v) is 6.94. The third kappa shape index (κ3) is 2.74. The molecule has 0 amide bonds. The van der Waals surface area contributed by atoms with Gasteiger partial charge in [-0.05, 0) is 51.8 Å². The molecule has 1 aromatic heterocycles. The molecule has 2 aromatic rings. The van der Waals surface area contributed by atoms with E-state index in [1.807, 2.05) is 12.1 Å². The van der Waals surface area contributed by atoms with E-state index >= 15 is 0 Å². The monoisotopic (exact) mass is 354 g/mol. The summed E-state index contributed by atoms with van der Waals surface area (Å²) in [6.07, 6.45) is 0. The minimum Gasteiger partial charge on any atom is -0.131 e. The van der Waals surface area contributed by atoms with Gasteiger partial charge in [-0.25, -0.2) is 0 Å². The predicted octanol–water partition coefficient (Wildman–Crippen LogP) is 6.15. The molecule has 5 heteroatoms. The SMILES string of the molecule is Clc1ccc(Cl)c(C(Cl)c2ccc(Br)s2)c1. The summed E-state index contributed by atoms with van der Waals surface area (Å²) in [4.78, 5) is 1.04. The molecule has 1 aromatic carbocycles. The van der Waals surface area contributed by atoms with Gasteiger partial charge < -0.3 is 0 Å². The number of hydrogen-bond acceptors (Lipinski definition) is 1. The molecule has 0 fully saturated rings. The Labute approximate surface area is 121 Å². The molecule has 0 radical (unpaired) electrons. The summed E-state index contributed by atoms with van der Waals surface area (Å²) < 4.78 is 1.05. The largest absolute Gasteiger partial charge is 0.131 e. The Kier molecular flexibility index (Phi) is 4.20. The summed E-state index contributed by atoms with van der Waals surface area (Å²) in [5, 5.41) is 1.01. The fourth-order valence-electron chi connectivity index (χ4n) is 1.33. The second kappa shape index (κ2) is 5.28. The lowest BCUT2D eigenvalue weighted by molar-refractivity contribution is 1.18. The van der Waals surface area contributed by atoms with E-state index < -0.39 is 0 Å². The molecule has 0 spiro atoms. The van der Waals surface area contributed by atoms with Gasteiger partial charge in [0.2, 0.25) is 0 Å². The third-order valence-corrected chi connectivity index (χ3v) is 4.94. The van der Waals surface area contributed by atoms with Crippen molar-refractivity contribution < 1.29 is 0 Å². The van der Waals surface area contributed by atoms with Crippen LogP contribution in [-0.4, -0.2) is 0 Å². The maximum atomic E-state index is 6.37. The average molecular weight is 356 g/mol. The van der Waals surface area contributed by atoms with Crippen LogP contribution in [0.5, 0.6) is 0 Å². The molecule has 0 aliphatic heterocycles. The van der Waals surface area contributed by atoms with Crippen molar-refractivity contribution in [3.05, 3.63) is 54.6 Å². The molecule has 0 aliphatic rings. The van der Waals surface area contributed by atoms with E-state index in [4.69, 9.17) is 34.8 Å². The minimum atomic E-state index is -0.262. The molecule has 0 N–H and O–H groups in total. The van der Waals surface area contributed by atoms with Gasteiger partial charge >= 0.3 is 0 Å². The number of alkyl halides is 1. The van der Waals surface area contributed by atoms with Crippen LogP contribution in [-0.2, 0) is 0 Å². The smallest absolute Gasteiger partial charge is 0.0943 e. The fraction of sp³-hybridized carbons (Fsp3) is 0.0909. The standard InChI is InChI=1S/C11H6BrCl3S/c12-10-4-3-9(16-10)11(15)7-5-6(13)1-2-8(7)14/h1-5,11H. The van der Waals surface area contributed by atoms with Crippen LogP contribution in [0.2, 0.25) is 10.0 Å². The quantitative estimate of drug-likeness (QED) is 0.567. The van der Waals surface area contributed by atoms with Crippen LogP contribution < -0.4 is 0 Å². The molecule has 0 bridgehead atoms. The Hall–Kier alpha value is 0.270. The summed E-state index contributed by atoms with van der Waals surface area (Å²) in [6.45, 7) is 0. The summed E-state index contributed by atoms with van der Waals surface area (Å²) in [7, 11) is 0. The highest BCUT2D eigenvalue weighted by Gasteiger charge is 2.16. The van der Waals surface area contributed by atoms with Crippen LogP contribution in [0.25, 0.3) is 0 Å². The summed E-state index contributed by atoms with van der Waals surface area (Å²) in [6, 6.07) is 9.26. The van der Waals surface area contributed by atoms with Gasteiger partial charge in [0.05, 0.1) is 9.16 Å². The summed E-state index contributed by atoms with van der Waals surface area (Å²) in [5.74, 6) is 0. The lowest BCUT2D eigenvalue weighted by atomic mass is 10.1. The lowest BCUT2D eigenvalue weighted by Gasteiger charge is -2.10. The molecule has 1 heterocycles. The molecule has 84 valence electrons. The van der Waals surface area contributed by atoms with Gasteiger partial charge in [-0.2, -0.15) is 0 Å². The molecular weight excluding hydrogens is 350 g/mol. The van der Waals surface area contributed by atoms with E-state index in [9.17, 15) is 0 Å². The highest BCUT2D eigenvalue weighted by Crippen LogP contribution is 2.39. The molecular formula is C11H6BrCl3S. The van der Waals surface area contributed by atoms with Crippen molar-refractivity contribution in [1.82, 2.24) is 0 Å². The van der Waals surface area contributed by atoms with Crippen LogP contribution in [0.15, 0.2) is 34.1 Å². The Morgan fingerprint density at radius 3 is 2.50 bits per heavy atom. The van der Waals surface area contributed by atoms with Crippen molar-refractivity contribution in [2.75, 3.05) is 0 Å². The van der Waals surface area contributed by atoms with E-state index in [1.54, 1.807) is 29.5 Å². The Morgan fingerprint density at radius 1 is 1.12 bits per heavy atom. The van der Waals surface area contributed by atoms with Crippen LogP contribution in [0.4, 0.5) is 0 Å². The Bertz CT molecular complexity index is 510. The topological polar surface area (TPSA) is 0 Å². The zero-order valence-corrected chi connectivity index (χ0v) is 12.6. The van der Waals surface area contributed by atoms with Gasteiger partial charge in [0, 0.05) is 14.9 Å². The van der Waals surface area contributed by atoms with Crippen molar-refractivity contribution in [3.8, 4) is 0 Å². The number of thiophene rings is 1. The van der Waals surface area contributed by atoms with Crippen LogP contribution in [0.3, 0.4) is 0 Å². The predicted molar refractivity (Wildman–Crippen MR) is 76.2 cm³/mol. The zero-order valence-electron chi connectivity index (χ0n) is 7.88. The zero-order chi connectivity index (χ0) is 11.7. The van der Waals surface area contributed by atoms with E-state index in [-0.39, 0.29) is 5.38 Å². The first-order valence-corrected chi connectivity index (χ1v) is 7.22. The van der Waals surface area contributed by atoms with Crippen LogP contribution >= 0.6 is 62.1 Å². The highest BCUT2D eigenvalue weighted by atomic mass is 79.9. The van der Waals surface area contributed by atoms with Gasteiger partial charge in [-0.1, -0.05) is 23.2 Å². The second-order valence-electron chi connectivity index (χ2n) is 3.17. The average Bonchev–Trinajstić information content (AvgIpc) is 2.67. The fourth-order valence-corrected chi connectivity index (χ4v) is 3.60. The van der Waals surface area contributed by atoms with Crippen molar-refractivity contribution in [2.45, 2.75) is 5.38 Å². The molecule has 1 atom stereocenters. The van der Waals surface area contributed by atoms with Gasteiger partial charge in [-0.3, -0.25) is 0 Å². The van der Waals surface area contributed by atoms with E-state index in [1.165, 1.54) is 0 Å². The molecule has 0 saturated carbocycles. The van der Waals surface area contributed by atoms with Gasteiger partial charge in [0.1, 0.15) is 0 Å². The third-order valence-electron chi connectivity index (χ3n) is 2.07. The maximum absolute atomic E-state index is 6.37. The first-order valence-electron chi connectivity index (χ1n) is 4.42. The van der Waals surface area contributed by atoms with Crippen LogP contribution in [0.1, 0.15) is 15.8 Å². The maximum Gasteiger partial charge on any atom is 0.0943 e. The first-order chi connectivity index (χ1) is 7.58. The highest BCUT2D eigenvalue weighted by molar-refractivity contribution is 9.11. The van der Waals surface area contributed by atoms with Gasteiger partial charge in [0.25, 0.3) is 0 Å². The van der Waals surface area contributed by atoms with E-state index in [2.05, 4.69) is 15.9 Å². The molecule has 1 unspecified atom stereocenters. The summed E-state index contributed by atoms with van der Waals surface area (Å²) in [5.41, 5.74) is 0.838. The van der Waals surface area contributed by atoms with Crippen molar-refractivity contribution >= 4 is 62.1 Å². The first kappa shape index (κ1) is 12.7. The molecule has 0 nitrogen and oxygen atoms in total. The van der Waals surface area contributed by atoms with E-state index in [0.717, 1.165) is 14.2 Å². The number of hydrogen-bond donors (Lipinski definition) is 0. The van der Waals surface area contributed by atoms with Crippen molar-refractivity contribution in [3.63, 3.8) is 0 Å². The molecule has 0 saturated heterocycles. The summed E-state index contributed by atoms with van der Waals surface area (Å²) >= 11 is 23.4. The number of halogens is 4. The van der Waals surface area contributed by atoms with Gasteiger partial charge in [0.15, 0.2) is 0 Å². The van der Waals surface area contributed by atoms with Crippen LogP contribution in [0, 0.1) is 0 Å². The Morgan fingerprint density at radius 2 is 1.88 bits per heavy atom. The molecule has 2 rings (SSSR count). The van der Waals surface area contributed by atoms with Gasteiger partial charge in [-0.15, -0.1) is 22.9 Å². The molecule has 0 aliphatic carbocycles. The minimum absolute atomic E-state index is 0.262. The Balaban J connectivity index is 2.40. The number of rotatable bonds is 2. The number of benzene rings is 1. The normalized spacial score (nSPS) is 12.8. The van der Waals surface area contributed by atoms with Crippen molar-refractivity contribution in [2.24, 2.45) is 0 Å². The lowest BCUT2D eigenvalue weighted by Crippen LogP contribution is -1.91. The molecule has 16 heavy (non-hydrogen) atoms. The van der Waals surface area contributed by atoms with E-state index in [0.29, 0.717) is 10.0 Å².